The van der Waals surface area contributed by atoms with Gasteiger partial charge in [0, 0.05) is 25.8 Å². The third-order valence-electron chi connectivity index (χ3n) is 2.59. The smallest absolute Gasteiger partial charge is 0.128 e. The highest BCUT2D eigenvalue weighted by Gasteiger charge is 2.04. The zero-order valence-electron chi connectivity index (χ0n) is 10.7. The van der Waals surface area contributed by atoms with Crippen molar-refractivity contribution in [2.45, 2.75) is 33.7 Å². The summed E-state index contributed by atoms with van der Waals surface area (Å²) >= 11 is 0. The molecule has 3 nitrogen and oxygen atoms in total. The maximum absolute atomic E-state index is 4.44. The van der Waals surface area contributed by atoms with Crippen LogP contribution in [0.3, 0.4) is 0 Å². The van der Waals surface area contributed by atoms with Crippen molar-refractivity contribution in [3.63, 3.8) is 0 Å². The normalized spacial score (nSPS) is 10.4. The van der Waals surface area contributed by atoms with Crippen LogP contribution in [-0.4, -0.2) is 24.6 Å². The Morgan fingerprint density at radius 3 is 2.75 bits per heavy atom. The Hall–Kier alpha value is -1.09. The summed E-state index contributed by atoms with van der Waals surface area (Å²) < 4.78 is 0. The highest BCUT2D eigenvalue weighted by molar-refractivity contribution is 5.40. The third kappa shape index (κ3) is 3.81. The molecule has 0 aliphatic carbocycles. The van der Waals surface area contributed by atoms with Crippen LogP contribution < -0.4 is 10.2 Å². The van der Waals surface area contributed by atoms with E-state index in [0.717, 1.165) is 38.4 Å². The van der Waals surface area contributed by atoms with Crippen LogP contribution in [0.25, 0.3) is 0 Å². The Morgan fingerprint density at radius 2 is 2.12 bits per heavy atom. The van der Waals surface area contributed by atoms with Gasteiger partial charge in [-0.1, -0.05) is 13.8 Å². The molecular weight excluding hydrogens is 198 g/mol. The van der Waals surface area contributed by atoms with Crippen LogP contribution in [0.5, 0.6) is 0 Å². The Morgan fingerprint density at radius 1 is 1.31 bits per heavy atom. The average molecular weight is 221 g/mol. The molecule has 0 unspecified atom stereocenters. The minimum atomic E-state index is 0.926. The lowest BCUT2D eigenvalue weighted by Gasteiger charge is -2.21. The number of nitrogens with zero attached hydrogens (tertiary/aromatic N) is 2. The van der Waals surface area contributed by atoms with Crippen molar-refractivity contribution in [1.29, 1.82) is 0 Å². The van der Waals surface area contributed by atoms with Gasteiger partial charge < -0.3 is 10.2 Å². The fraction of sp³-hybridized carbons (Fsp3) is 0.615. The largest absolute Gasteiger partial charge is 0.357 e. The second-order valence-corrected chi connectivity index (χ2v) is 3.88. The number of aromatic nitrogens is 1. The minimum absolute atomic E-state index is 0.926. The van der Waals surface area contributed by atoms with Crippen molar-refractivity contribution < 1.29 is 0 Å². The van der Waals surface area contributed by atoms with Crippen molar-refractivity contribution in [3.05, 3.63) is 23.9 Å². The van der Waals surface area contributed by atoms with Crippen LogP contribution >= 0.6 is 0 Å². The predicted octanol–water partition coefficient (Wildman–Crippen LogP) is 2.43. The Bertz CT molecular complexity index is 299. The van der Waals surface area contributed by atoms with Crippen molar-refractivity contribution in [2.24, 2.45) is 0 Å². The van der Waals surface area contributed by atoms with Crippen molar-refractivity contribution in [2.75, 3.05) is 24.5 Å². The van der Waals surface area contributed by atoms with E-state index in [2.05, 4.69) is 48.1 Å². The fourth-order valence-corrected chi connectivity index (χ4v) is 1.72. The van der Waals surface area contributed by atoms with Gasteiger partial charge in [0.1, 0.15) is 5.82 Å². The predicted molar refractivity (Wildman–Crippen MR) is 69.8 cm³/mol. The molecule has 1 rings (SSSR count). The van der Waals surface area contributed by atoms with Gasteiger partial charge >= 0.3 is 0 Å². The summed E-state index contributed by atoms with van der Waals surface area (Å²) in [6, 6.07) is 4.26. The molecule has 0 amide bonds. The SMILES string of the molecule is CCCN(CC)c1cc(CNCC)ccn1. The molecule has 0 aliphatic heterocycles. The summed E-state index contributed by atoms with van der Waals surface area (Å²) in [7, 11) is 0. The molecule has 0 fully saturated rings. The summed E-state index contributed by atoms with van der Waals surface area (Å²) in [4.78, 5) is 6.75. The molecule has 0 spiro atoms. The van der Waals surface area contributed by atoms with E-state index in [1.807, 2.05) is 6.20 Å². The average Bonchev–Trinajstić information content (AvgIpc) is 2.33. The lowest BCUT2D eigenvalue weighted by molar-refractivity contribution is 0.722. The molecule has 0 saturated heterocycles. The van der Waals surface area contributed by atoms with E-state index in [9.17, 15) is 0 Å². The third-order valence-corrected chi connectivity index (χ3v) is 2.59. The number of hydrogen-bond acceptors (Lipinski definition) is 3. The fourth-order valence-electron chi connectivity index (χ4n) is 1.72. The minimum Gasteiger partial charge on any atom is -0.357 e. The van der Waals surface area contributed by atoms with Gasteiger partial charge in [-0.2, -0.15) is 0 Å². The molecule has 1 heterocycles. The molecule has 0 aromatic carbocycles. The van der Waals surface area contributed by atoms with Gasteiger partial charge in [0.25, 0.3) is 0 Å². The molecule has 1 aromatic heterocycles. The monoisotopic (exact) mass is 221 g/mol. The first-order chi connectivity index (χ1) is 7.81. The van der Waals surface area contributed by atoms with Crippen molar-refractivity contribution >= 4 is 5.82 Å². The van der Waals surface area contributed by atoms with E-state index in [1.165, 1.54) is 5.56 Å². The van der Waals surface area contributed by atoms with E-state index in [1.54, 1.807) is 0 Å². The number of nitrogens with one attached hydrogen (secondary N) is 1. The maximum atomic E-state index is 4.44. The first-order valence-electron chi connectivity index (χ1n) is 6.22. The Balaban J connectivity index is 2.71. The van der Waals surface area contributed by atoms with Crippen LogP contribution in [0.4, 0.5) is 5.82 Å². The Kier molecular flexibility index (Phi) is 5.86. The molecule has 0 radical (unpaired) electrons. The van der Waals surface area contributed by atoms with E-state index < -0.39 is 0 Å². The maximum Gasteiger partial charge on any atom is 0.128 e. The number of pyridine rings is 1. The second-order valence-electron chi connectivity index (χ2n) is 3.88. The van der Waals surface area contributed by atoms with Crippen LogP contribution in [-0.2, 0) is 6.54 Å². The van der Waals surface area contributed by atoms with Crippen molar-refractivity contribution in [1.82, 2.24) is 10.3 Å². The summed E-state index contributed by atoms with van der Waals surface area (Å²) in [6.07, 6.45) is 3.06. The van der Waals surface area contributed by atoms with Gasteiger partial charge in [-0.3, -0.25) is 0 Å². The van der Waals surface area contributed by atoms with Gasteiger partial charge in [0.15, 0.2) is 0 Å². The molecule has 16 heavy (non-hydrogen) atoms. The van der Waals surface area contributed by atoms with Crippen LogP contribution in [0.2, 0.25) is 0 Å². The van der Waals surface area contributed by atoms with E-state index in [0.29, 0.717) is 0 Å². The van der Waals surface area contributed by atoms with E-state index in [-0.39, 0.29) is 0 Å². The van der Waals surface area contributed by atoms with E-state index >= 15 is 0 Å². The van der Waals surface area contributed by atoms with Crippen LogP contribution in [0.1, 0.15) is 32.8 Å². The highest BCUT2D eigenvalue weighted by Crippen LogP contribution is 2.12. The lowest BCUT2D eigenvalue weighted by Crippen LogP contribution is -2.24. The summed E-state index contributed by atoms with van der Waals surface area (Å²) in [5, 5.41) is 3.33. The Labute approximate surface area is 98.9 Å². The molecular formula is C13H23N3. The van der Waals surface area contributed by atoms with Gasteiger partial charge in [-0.05, 0) is 37.6 Å². The van der Waals surface area contributed by atoms with Gasteiger partial charge in [0.2, 0.25) is 0 Å². The van der Waals surface area contributed by atoms with Gasteiger partial charge in [0.05, 0.1) is 0 Å². The topological polar surface area (TPSA) is 28.2 Å². The molecule has 0 bridgehead atoms. The zero-order chi connectivity index (χ0) is 11.8. The molecule has 0 aliphatic rings. The molecule has 3 heteroatoms. The summed E-state index contributed by atoms with van der Waals surface area (Å²) in [6.45, 7) is 10.5. The quantitative estimate of drug-likeness (QED) is 0.766. The van der Waals surface area contributed by atoms with Gasteiger partial charge in [-0.15, -0.1) is 0 Å². The lowest BCUT2D eigenvalue weighted by atomic mass is 10.2. The van der Waals surface area contributed by atoms with Crippen molar-refractivity contribution in [3.8, 4) is 0 Å². The highest BCUT2D eigenvalue weighted by atomic mass is 15.2. The first-order valence-corrected chi connectivity index (χ1v) is 6.22. The zero-order valence-corrected chi connectivity index (χ0v) is 10.7. The summed E-state index contributed by atoms with van der Waals surface area (Å²) in [5.41, 5.74) is 1.31. The van der Waals surface area contributed by atoms with Crippen LogP contribution in [0.15, 0.2) is 18.3 Å². The molecule has 0 saturated carbocycles. The second kappa shape index (κ2) is 7.23. The first kappa shape index (κ1) is 13.0. The van der Waals surface area contributed by atoms with Gasteiger partial charge in [-0.25, -0.2) is 4.98 Å². The number of hydrogen-bond donors (Lipinski definition) is 1. The molecule has 1 N–H and O–H groups in total. The number of rotatable bonds is 7. The molecule has 0 atom stereocenters. The molecule has 1 aromatic rings. The van der Waals surface area contributed by atoms with E-state index in [4.69, 9.17) is 0 Å². The number of anilines is 1. The summed E-state index contributed by atoms with van der Waals surface area (Å²) in [5.74, 6) is 1.10. The molecule has 90 valence electrons. The standard InChI is InChI=1S/C13H23N3/c1-4-9-16(6-3)13-10-12(7-8-15-13)11-14-5-2/h7-8,10,14H,4-6,9,11H2,1-3H3. The van der Waals surface area contributed by atoms with Crippen LogP contribution in [0, 0.1) is 0 Å².